The van der Waals surface area contributed by atoms with Crippen molar-refractivity contribution in [2.45, 2.75) is 25.3 Å². The molecule has 0 aliphatic heterocycles. The van der Waals surface area contributed by atoms with E-state index in [2.05, 4.69) is 11.4 Å². The first-order chi connectivity index (χ1) is 10.4. The highest BCUT2D eigenvalue weighted by atomic mass is 35.5. The van der Waals surface area contributed by atoms with Gasteiger partial charge in [-0.3, -0.25) is 4.79 Å². The lowest BCUT2D eigenvalue weighted by molar-refractivity contribution is -0.125. The summed E-state index contributed by atoms with van der Waals surface area (Å²) < 4.78 is 4.91. The second-order valence-electron chi connectivity index (χ2n) is 5.31. The number of benzene rings is 1. The number of carbonyl (C=O) groups excluding carboxylic acids is 2. The summed E-state index contributed by atoms with van der Waals surface area (Å²) in [6, 6.07) is 6.66. The predicted octanol–water partition coefficient (Wildman–Crippen LogP) is 2.96. The Hall–Kier alpha value is -1.77. The van der Waals surface area contributed by atoms with Gasteiger partial charge in [0.25, 0.3) is 5.91 Å². The third-order valence-electron chi connectivity index (χ3n) is 3.53. The number of ether oxygens (including phenoxy) is 1. The number of hydrogen-bond acceptors (Lipinski definition) is 4. The van der Waals surface area contributed by atoms with Crippen molar-refractivity contribution in [2.24, 2.45) is 5.92 Å². The Balaban J connectivity index is 1.92. The number of halogens is 2. The van der Waals surface area contributed by atoms with Crippen LogP contribution in [0.1, 0.15) is 30.1 Å². The largest absolute Gasteiger partial charge is 0.452 e. The molecular formula is C15H14Cl2N2O3. The minimum Gasteiger partial charge on any atom is -0.452 e. The summed E-state index contributed by atoms with van der Waals surface area (Å²) in [6.07, 6.45) is 1.81. The molecular weight excluding hydrogens is 327 g/mol. The Morgan fingerprint density at radius 2 is 2.14 bits per heavy atom. The first-order valence-corrected chi connectivity index (χ1v) is 7.46. The molecule has 0 bridgehead atoms. The lowest BCUT2D eigenvalue weighted by atomic mass is 9.98. The van der Waals surface area contributed by atoms with Crippen LogP contribution in [-0.2, 0) is 9.53 Å². The molecule has 1 aromatic rings. The van der Waals surface area contributed by atoms with Crippen molar-refractivity contribution in [1.29, 1.82) is 5.26 Å². The molecule has 1 saturated carbocycles. The fourth-order valence-corrected chi connectivity index (χ4v) is 2.46. The molecule has 0 saturated heterocycles. The van der Waals surface area contributed by atoms with Crippen LogP contribution < -0.4 is 5.32 Å². The molecule has 0 spiro atoms. The van der Waals surface area contributed by atoms with Crippen molar-refractivity contribution in [3.8, 4) is 6.07 Å². The molecule has 5 nitrogen and oxygen atoms in total. The van der Waals surface area contributed by atoms with E-state index in [1.165, 1.54) is 6.07 Å². The fraction of sp³-hybridized carbons (Fsp3) is 0.400. The number of esters is 1. The van der Waals surface area contributed by atoms with Crippen molar-refractivity contribution in [1.82, 2.24) is 5.32 Å². The summed E-state index contributed by atoms with van der Waals surface area (Å²) in [5.74, 6) is -1.12. The molecule has 2 rings (SSSR count). The summed E-state index contributed by atoms with van der Waals surface area (Å²) in [5, 5.41) is 12.1. The number of nitrogens with one attached hydrogen (secondary N) is 1. The van der Waals surface area contributed by atoms with Crippen LogP contribution in [0.2, 0.25) is 10.0 Å². The Bertz CT molecular complexity index is 653. The molecule has 0 heterocycles. The van der Waals surface area contributed by atoms with E-state index < -0.39 is 24.0 Å². The highest BCUT2D eigenvalue weighted by Crippen LogP contribution is 2.39. The van der Waals surface area contributed by atoms with E-state index in [-0.39, 0.29) is 21.5 Å². The molecule has 0 unspecified atom stereocenters. The monoisotopic (exact) mass is 340 g/mol. The van der Waals surface area contributed by atoms with E-state index in [0.717, 1.165) is 12.8 Å². The molecule has 0 aromatic heterocycles. The second-order valence-corrected chi connectivity index (χ2v) is 6.10. The molecule has 22 heavy (non-hydrogen) atoms. The molecule has 1 N–H and O–H groups in total. The minimum absolute atomic E-state index is 0.0782. The van der Waals surface area contributed by atoms with Gasteiger partial charge in [0.05, 0.1) is 21.7 Å². The van der Waals surface area contributed by atoms with Gasteiger partial charge in [0.1, 0.15) is 5.54 Å². The maximum Gasteiger partial charge on any atom is 0.340 e. The Labute approximate surface area is 138 Å². The summed E-state index contributed by atoms with van der Waals surface area (Å²) in [4.78, 5) is 23.7. The van der Waals surface area contributed by atoms with E-state index in [0.29, 0.717) is 0 Å². The van der Waals surface area contributed by atoms with Crippen LogP contribution in [0.15, 0.2) is 18.2 Å². The zero-order chi connectivity index (χ0) is 16.3. The van der Waals surface area contributed by atoms with Crippen LogP contribution in [0, 0.1) is 17.2 Å². The smallest absolute Gasteiger partial charge is 0.340 e. The number of nitrogens with zero attached hydrogens (tertiary/aromatic N) is 1. The van der Waals surface area contributed by atoms with E-state index in [1.54, 1.807) is 19.1 Å². The number of hydrogen-bond donors (Lipinski definition) is 1. The van der Waals surface area contributed by atoms with E-state index in [1.807, 2.05) is 0 Å². The highest BCUT2D eigenvalue weighted by Gasteiger charge is 2.43. The maximum atomic E-state index is 11.9. The van der Waals surface area contributed by atoms with E-state index in [4.69, 9.17) is 33.2 Å². The zero-order valence-electron chi connectivity index (χ0n) is 11.9. The predicted molar refractivity (Wildman–Crippen MR) is 81.6 cm³/mol. The average molecular weight is 341 g/mol. The Kier molecular flexibility index (Phi) is 4.94. The fourth-order valence-electron chi connectivity index (χ4n) is 2.08. The first kappa shape index (κ1) is 16.6. The second kappa shape index (κ2) is 6.55. The van der Waals surface area contributed by atoms with Crippen LogP contribution >= 0.6 is 23.2 Å². The highest BCUT2D eigenvalue weighted by molar-refractivity contribution is 6.43. The minimum atomic E-state index is -0.919. The van der Waals surface area contributed by atoms with E-state index >= 15 is 0 Å². The van der Waals surface area contributed by atoms with Gasteiger partial charge in [0, 0.05) is 0 Å². The molecule has 1 atom stereocenters. The van der Waals surface area contributed by atoms with Gasteiger partial charge in [0.15, 0.2) is 6.61 Å². The van der Waals surface area contributed by atoms with Crippen LogP contribution in [0.3, 0.4) is 0 Å². The lowest BCUT2D eigenvalue weighted by Crippen LogP contribution is -2.48. The summed E-state index contributed by atoms with van der Waals surface area (Å²) >= 11 is 11.7. The molecule has 1 aromatic carbocycles. The van der Waals surface area contributed by atoms with Gasteiger partial charge >= 0.3 is 5.97 Å². The van der Waals surface area contributed by atoms with Gasteiger partial charge in [-0.05, 0) is 37.8 Å². The summed E-state index contributed by atoms with van der Waals surface area (Å²) in [5.41, 5.74) is -0.829. The first-order valence-electron chi connectivity index (χ1n) is 6.71. The van der Waals surface area contributed by atoms with Crippen LogP contribution in [0.5, 0.6) is 0 Å². The van der Waals surface area contributed by atoms with Crippen molar-refractivity contribution in [3.05, 3.63) is 33.8 Å². The van der Waals surface area contributed by atoms with Gasteiger partial charge in [-0.25, -0.2) is 4.79 Å². The van der Waals surface area contributed by atoms with Gasteiger partial charge in [-0.15, -0.1) is 0 Å². The van der Waals surface area contributed by atoms with Gasteiger partial charge < -0.3 is 10.1 Å². The summed E-state index contributed by atoms with van der Waals surface area (Å²) in [7, 11) is 0. The quantitative estimate of drug-likeness (QED) is 0.835. The average Bonchev–Trinajstić information content (AvgIpc) is 3.32. The van der Waals surface area contributed by atoms with Gasteiger partial charge in [0.2, 0.25) is 0 Å². The standard InChI is InChI=1S/C15H14Cl2N2O3/c1-15(8-18,9-5-6-9)19-12(20)7-22-14(21)10-3-2-4-11(16)13(10)17/h2-4,9H,5-7H2,1H3,(H,19,20)/t15-/m1/s1. The molecule has 1 aliphatic rings. The third-order valence-corrected chi connectivity index (χ3v) is 4.35. The Morgan fingerprint density at radius 3 is 2.73 bits per heavy atom. The molecule has 1 amide bonds. The third kappa shape index (κ3) is 3.70. The molecule has 7 heteroatoms. The molecule has 116 valence electrons. The van der Waals surface area contributed by atoms with Crippen molar-refractivity contribution < 1.29 is 14.3 Å². The van der Waals surface area contributed by atoms with E-state index in [9.17, 15) is 9.59 Å². The maximum absolute atomic E-state index is 11.9. The topological polar surface area (TPSA) is 79.2 Å². The number of nitriles is 1. The van der Waals surface area contributed by atoms with Crippen LogP contribution in [0.25, 0.3) is 0 Å². The summed E-state index contributed by atoms with van der Waals surface area (Å²) in [6.45, 7) is 1.18. The normalized spacial score (nSPS) is 16.3. The number of rotatable bonds is 5. The van der Waals surface area contributed by atoms with Gasteiger partial charge in [-0.1, -0.05) is 29.3 Å². The molecule has 0 radical (unpaired) electrons. The zero-order valence-corrected chi connectivity index (χ0v) is 13.4. The SMILES string of the molecule is C[C@](C#N)(NC(=O)COC(=O)c1cccc(Cl)c1Cl)C1CC1. The molecule has 1 aliphatic carbocycles. The lowest BCUT2D eigenvalue weighted by Gasteiger charge is -2.22. The number of amides is 1. The van der Waals surface area contributed by atoms with Gasteiger partial charge in [-0.2, -0.15) is 5.26 Å². The van der Waals surface area contributed by atoms with Crippen molar-refractivity contribution in [3.63, 3.8) is 0 Å². The number of carbonyl (C=O) groups is 2. The Morgan fingerprint density at radius 1 is 1.45 bits per heavy atom. The van der Waals surface area contributed by atoms with Crippen LogP contribution in [0.4, 0.5) is 0 Å². The van der Waals surface area contributed by atoms with Crippen molar-refractivity contribution >= 4 is 35.1 Å². The molecule has 1 fully saturated rings. The van der Waals surface area contributed by atoms with Crippen LogP contribution in [-0.4, -0.2) is 24.0 Å². The van der Waals surface area contributed by atoms with Crippen molar-refractivity contribution in [2.75, 3.05) is 6.61 Å².